The van der Waals surface area contributed by atoms with Gasteiger partial charge in [-0.05, 0) is 30.4 Å². The zero-order valence-electron chi connectivity index (χ0n) is 12.7. The van der Waals surface area contributed by atoms with Gasteiger partial charge in [-0.15, -0.1) is 0 Å². The monoisotopic (exact) mass is 307 g/mol. The molecule has 1 N–H and O–H groups in total. The first-order valence-corrected chi connectivity index (χ1v) is 7.74. The molecule has 1 aliphatic rings. The number of nitrogens with one attached hydrogen (secondary N) is 1. The second-order valence-corrected chi connectivity index (χ2v) is 5.82. The third-order valence-electron chi connectivity index (χ3n) is 4.45. The van der Waals surface area contributed by atoms with Crippen LogP contribution >= 0.6 is 0 Å². The number of carbonyl (C=O) groups excluding carboxylic acids is 2. The number of hydrogen-bond acceptors (Lipinski definition) is 4. The number of nitriles is 1. The third kappa shape index (κ3) is 3.07. The first kappa shape index (κ1) is 15.2. The lowest BCUT2D eigenvalue weighted by molar-refractivity contribution is -0.122. The number of nitrogens with zero attached hydrogens (tertiary/aromatic N) is 2. The maximum Gasteiger partial charge on any atom is 0.252 e. The van der Waals surface area contributed by atoms with E-state index in [-0.39, 0.29) is 30.1 Å². The van der Waals surface area contributed by atoms with Gasteiger partial charge >= 0.3 is 0 Å². The quantitative estimate of drug-likeness (QED) is 0.940. The van der Waals surface area contributed by atoms with Gasteiger partial charge in [0.25, 0.3) is 5.91 Å². The maximum atomic E-state index is 12.4. The smallest absolute Gasteiger partial charge is 0.252 e. The standard InChI is InChI=1S/C18H17N3O2/c19-9-13-4-2-5-14(13)17(22)11-21-18(23)15-6-1-3-12-7-8-20-10-16(12)15/h1,3,6-8,10,13-14H,2,4-5,11H2,(H,21,23)/t13-,14?/m0/s1. The van der Waals surface area contributed by atoms with Crippen molar-refractivity contribution in [2.75, 3.05) is 6.54 Å². The molecule has 2 aromatic rings. The van der Waals surface area contributed by atoms with Gasteiger partial charge in [0.1, 0.15) is 0 Å². The molecular weight excluding hydrogens is 290 g/mol. The first-order valence-electron chi connectivity index (χ1n) is 7.74. The van der Waals surface area contributed by atoms with Crippen molar-refractivity contribution < 1.29 is 9.59 Å². The molecule has 1 heterocycles. The molecule has 0 aliphatic heterocycles. The topological polar surface area (TPSA) is 82.9 Å². The van der Waals surface area contributed by atoms with Crippen LogP contribution in [0.3, 0.4) is 0 Å². The molecular formula is C18H17N3O2. The van der Waals surface area contributed by atoms with E-state index in [2.05, 4.69) is 16.4 Å². The molecule has 0 spiro atoms. The zero-order valence-corrected chi connectivity index (χ0v) is 12.7. The van der Waals surface area contributed by atoms with Crippen LogP contribution in [0, 0.1) is 23.2 Å². The predicted molar refractivity (Wildman–Crippen MR) is 85.5 cm³/mol. The molecule has 1 aliphatic carbocycles. The van der Waals surface area contributed by atoms with Crippen LogP contribution < -0.4 is 5.32 Å². The fraction of sp³-hybridized carbons (Fsp3) is 0.333. The van der Waals surface area contributed by atoms with Crippen LogP contribution in [0.1, 0.15) is 29.6 Å². The van der Waals surface area contributed by atoms with E-state index in [1.165, 1.54) is 0 Å². The Bertz CT molecular complexity index is 789. The summed E-state index contributed by atoms with van der Waals surface area (Å²) in [7, 11) is 0. The van der Waals surface area contributed by atoms with Gasteiger partial charge in [-0.1, -0.05) is 18.6 Å². The van der Waals surface area contributed by atoms with Crippen LogP contribution in [0.25, 0.3) is 10.8 Å². The highest BCUT2D eigenvalue weighted by molar-refractivity contribution is 6.07. The molecule has 5 nitrogen and oxygen atoms in total. The molecule has 0 saturated heterocycles. The fourth-order valence-corrected chi connectivity index (χ4v) is 3.21. The van der Waals surface area contributed by atoms with Crippen LogP contribution in [0.15, 0.2) is 36.7 Å². The predicted octanol–water partition coefficient (Wildman–Crippen LogP) is 2.47. The second-order valence-electron chi connectivity index (χ2n) is 5.82. The summed E-state index contributed by atoms with van der Waals surface area (Å²) in [6.45, 7) is -0.0294. The third-order valence-corrected chi connectivity index (χ3v) is 4.45. The van der Waals surface area contributed by atoms with Crippen molar-refractivity contribution in [3.8, 4) is 6.07 Å². The SMILES string of the molecule is N#C[C@@H]1CCCC1C(=O)CNC(=O)c1cccc2ccncc12. The molecule has 1 fully saturated rings. The van der Waals surface area contributed by atoms with E-state index >= 15 is 0 Å². The van der Waals surface area contributed by atoms with Gasteiger partial charge in [0.2, 0.25) is 0 Å². The number of rotatable bonds is 4. The number of pyridine rings is 1. The summed E-state index contributed by atoms with van der Waals surface area (Å²) in [6.07, 6.45) is 5.74. The molecule has 5 heteroatoms. The van der Waals surface area contributed by atoms with Crippen molar-refractivity contribution in [1.82, 2.24) is 10.3 Å². The number of ketones is 1. The van der Waals surface area contributed by atoms with Crippen molar-refractivity contribution >= 4 is 22.5 Å². The summed E-state index contributed by atoms with van der Waals surface area (Å²) < 4.78 is 0. The van der Waals surface area contributed by atoms with E-state index in [1.54, 1.807) is 18.5 Å². The highest BCUT2D eigenvalue weighted by Gasteiger charge is 2.32. The summed E-state index contributed by atoms with van der Waals surface area (Å²) in [5.41, 5.74) is 0.506. The molecule has 2 atom stereocenters. The average Bonchev–Trinajstić information content (AvgIpc) is 3.07. The lowest BCUT2D eigenvalue weighted by Crippen LogP contribution is -2.34. The van der Waals surface area contributed by atoms with Crippen molar-refractivity contribution in [2.24, 2.45) is 11.8 Å². The second kappa shape index (κ2) is 6.57. The molecule has 23 heavy (non-hydrogen) atoms. The molecule has 116 valence electrons. The summed E-state index contributed by atoms with van der Waals surface area (Å²) in [6, 6.07) is 9.48. The Labute approximate surface area is 134 Å². The van der Waals surface area contributed by atoms with Crippen LogP contribution in [0.5, 0.6) is 0 Å². The van der Waals surface area contributed by atoms with E-state index in [1.807, 2.05) is 18.2 Å². The summed E-state index contributed by atoms with van der Waals surface area (Å²) in [5.74, 6) is -0.792. The van der Waals surface area contributed by atoms with E-state index in [4.69, 9.17) is 5.26 Å². The number of amides is 1. The van der Waals surface area contributed by atoms with Gasteiger partial charge in [0, 0.05) is 29.3 Å². The Hall–Kier alpha value is -2.74. The van der Waals surface area contributed by atoms with Gasteiger partial charge in [-0.25, -0.2) is 0 Å². The minimum atomic E-state index is -0.288. The molecule has 0 radical (unpaired) electrons. The fourth-order valence-electron chi connectivity index (χ4n) is 3.21. The van der Waals surface area contributed by atoms with Crippen LogP contribution in [-0.2, 0) is 4.79 Å². The summed E-state index contributed by atoms with van der Waals surface area (Å²) in [5, 5.41) is 13.4. The lowest BCUT2D eigenvalue weighted by atomic mass is 9.93. The van der Waals surface area contributed by atoms with E-state index in [0.717, 1.165) is 30.0 Å². The molecule has 1 aromatic heterocycles. The highest BCUT2D eigenvalue weighted by atomic mass is 16.2. The minimum Gasteiger partial charge on any atom is -0.345 e. The normalized spacial score (nSPS) is 20.1. The number of aromatic nitrogens is 1. The molecule has 1 unspecified atom stereocenters. The van der Waals surface area contributed by atoms with Gasteiger partial charge < -0.3 is 5.32 Å². The Morgan fingerprint density at radius 1 is 1.30 bits per heavy atom. The van der Waals surface area contributed by atoms with Crippen LogP contribution in [0.4, 0.5) is 0 Å². The number of hydrogen-bond donors (Lipinski definition) is 1. The van der Waals surface area contributed by atoms with Crippen molar-refractivity contribution in [3.63, 3.8) is 0 Å². The van der Waals surface area contributed by atoms with Gasteiger partial charge in [0.05, 0.1) is 18.5 Å². The Morgan fingerprint density at radius 3 is 3.00 bits per heavy atom. The van der Waals surface area contributed by atoms with Gasteiger partial charge in [-0.3, -0.25) is 14.6 Å². The number of benzene rings is 1. The minimum absolute atomic E-state index is 0.0294. The Morgan fingerprint density at radius 2 is 2.17 bits per heavy atom. The van der Waals surface area contributed by atoms with E-state index < -0.39 is 0 Å². The Balaban J connectivity index is 1.70. The summed E-state index contributed by atoms with van der Waals surface area (Å²) >= 11 is 0. The largest absolute Gasteiger partial charge is 0.345 e. The summed E-state index contributed by atoms with van der Waals surface area (Å²) in [4.78, 5) is 28.7. The molecule has 3 rings (SSSR count). The number of fused-ring (bicyclic) bond motifs is 1. The highest BCUT2D eigenvalue weighted by Crippen LogP contribution is 2.31. The van der Waals surface area contributed by atoms with Gasteiger partial charge in [0.15, 0.2) is 5.78 Å². The molecule has 0 bridgehead atoms. The van der Waals surface area contributed by atoms with Crippen molar-refractivity contribution in [3.05, 3.63) is 42.2 Å². The maximum absolute atomic E-state index is 12.4. The molecule has 1 saturated carbocycles. The van der Waals surface area contributed by atoms with Crippen molar-refractivity contribution in [2.45, 2.75) is 19.3 Å². The molecule has 1 amide bonds. The lowest BCUT2D eigenvalue weighted by Gasteiger charge is -2.13. The number of carbonyl (C=O) groups is 2. The zero-order chi connectivity index (χ0) is 16.2. The van der Waals surface area contributed by atoms with Crippen LogP contribution in [-0.4, -0.2) is 23.2 Å². The Kier molecular flexibility index (Phi) is 4.33. The number of Topliss-reactive ketones (excluding diaryl/α,β-unsaturated/α-hetero) is 1. The van der Waals surface area contributed by atoms with E-state index in [0.29, 0.717) is 5.56 Å². The molecule has 1 aromatic carbocycles. The average molecular weight is 307 g/mol. The van der Waals surface area contributed by atoms with E-state index in [9.17, 15) is 9.59 Å². The first-order chi connectivity index (χ1) is 11.2. The van der Waals surface area contributed by atoms with Crippen LogP contribution in [0.2, 0.25) is 0 Å². The van der Waals surface area contributed by atoms with Crippen molar-refractivity contribution in [1.29, 1.82) is 5.26 Å². The van der Waals surface area contributed by atoms with Gasteiger partial charge in [-0.2, -0.15) is 5.26 Å².